The topological polar surface area (TPSA) is 56.3 Å². The minimum absolute atomic E-state index is 0.614. The lowest BCUT2D eigenvalue weighted by Crippen LogP contribution is -2.40. The molecule has 1 fully saturated rings. The number of piperidine rings is 1. The van der Waals surface area contributed by atoms with Gasteiger partial charge in [0.1, 0.15) is 0 Å². The number of aromatic nitrogens is 2. The van der Waals surface area contributed by atoms with E-state index in [4.69, 9.17) is 10.5 Å². The molecule has 1 atom stereocenters. The molecule has 1 aliphatic heterocycles. The summed E-state index contributed by atoms with van der Waals surface area (Å²) in [4.78, 5) is 2.54. The van der Waals surface area contributed by atoms with E-state index in [0.717, 1.165) is 37.6 Å². The maximum Gasteiger partial charge on any atom is 0.216 e. The molecule has 0 aromatic carbocycles. The van der Waals surface area contributed by atoms with Gasteiger partial charge in [-0.05, 0) is 39.3 Å². The van der Waals surface area contributed by atoms with Gasteiger partial charge in [0, 0.05) is 19.6 Å². The van der Waals surface area contributed by atoms with Crippen molar-refractivity contribution in [2.45, 2.75) is 45.2 Å². The Morgan fingerprint density at radius 1 is 1.42 bits per heavy atom. The molecular weight excluding hydrogens is 240 g/mol. The van der Waals surface area contributed by atoms with E-state index in [-0.39, 0.29) is 0 Å². The van der Waals surface area contributed by atoms with Crippen LogP contribution in [0.4, 0.5) is 0 Å². The third-order valence-electron chi connectivity index (χ3n) is 4.09. The van der Waals surface area contributed by atoms with E-state index in [9.17, 15) is 0 Å². The summed E-state index contributed by atoms with van der Waals surface area (Å²) in [5, 5.41) is 4.46. The van der Waals surface area contributed by atoms with Crippen molar-refractivity contribution in [3.63, 3.8) is 0 Å². The Labute approximate surface area is 115 Å². The number of hydrogen-bond acceptors (Lipinski definition) is 4. The molecule has 0 spiro atoms. The predicted molar refractivity (Wildman–Crippen MR) is 76.2 cm³/mol. The van der Waals surface area contributed by atoms with Gasteiger partial charge in [0.15, 0.2) is 0 Å². The normalized spacial score (nSPS) is 20.7. The van der Waals surface area contributed by atoms with Crippen molar-refractivity contribution in [2.24, 2.45) is 12.8 Å². The fourth-order valence-corrected chi connectivity index (χ4v) is 3.11. The Kier molecular flexibility index (Phi) is 4.82. The molecule has 19 heavy (non-hydrogen) atoms. The molecule has 108 valence electrons. The number of aryl methyl sites for hydroxylation is 2. The summed E-state index contributed by atoms with van der Waals surface area (Å²) in [6, 6.07) is 0.614. The summed E-state index contributed by atoms with van der Waals surface area (Å²) in [7, 11) is 3.65. The molecule has 2 N–H and O–H groups in total. The number of nitrogens with two attached hydrogens (primary N) is 1. The average molecular weight is 266 g/mol. The monoisotopic (exact) mass is 266 g/mol. The number of likely N-dealkylation sites (tertiary alicyclic amines) is 1. The van der Waals surface area contributed by atoms with Gasteiger partial charge in [-0.25, -0.2) is 4.68 Å². The fraction of sp³-hybridized carbons (Fsp3) is 0.786. The van der Waals surface area contributed by atoms with Crippen LogP contribution in [0.5, 0.6) is 5.88 Å². The number of rotatable bonds is 5. The zero-order chi connectivity index (χ0) is 13.8. The third-order valence-corrected chi connectivity index (χ3v) is 4.09. The lowest BCUT2D eigenvalue weighted by Gasteiger charge is -2.35. The standard InChI is InChI=1S/C14H26N4O/c1-11-13(14(19-3)17(2)16-11)10-18-9-5-4-6-12(18)7-8-15/h12H,4-10,15H2,1-3H3. The summed E-state index contributed by atoms with van der Waals surface area (Å²) in [5.74, 6) is 0.884. The molecule has 0 amide bonds. The molecule has 1 saturated heterocycles. The molecule has 5 nitrogen and oxygen atoms in total. The van der Waals surface area contributed by atoms with Crippen LogP contribution in [0, 0.1) is 6.92 Å². The van der Waals surface area contributed by atoms with Crippen molar-refractivity contribution in [3.8, 4) is 5.88 Å². The predicted octanol–water partition coefficient (Wildman–Crippen LogP) is 1.44. The van der Waals surface area contributed by atoms with Crippen molar-refractivity contribution in [2.75, 3.05) is 20.2 Å². The van der Waals surface area contributed by atoms with Crippen LogP contribution >= 0.6 is 0 Å². The largest absolute Gasteiger partial charge is 0.481 e. The van der Waals surface area contributed by atoms with E-state index in [1.165, 1.54) is 24.8 Å². The van der Waals surface area contributed by atoms with E-state index in [1.54, 1.807) is 7.11 Å². The van der Waals surface area contributed by atoms with Gasteiger partial charge in [-0.2, -0.15) is 5.10 Å². The molecule has 2 heterocycles. The van der Waals surface area contributed by atoms with Gasteiger partial charge in [0.2, 0.25) is 5.88 Å². The first-order valence-electron chi connectivity index (χ1n) is 7.18. The molecule has 5 heteroatoms. The minimum atomic E-state index is 0.614. The Balaban J connectivity index is 2.14. The van der Waals surface area contributed by atoms with E-state index >= 15 is 0 Å². The van der Waals surface area contributed by atoms with Crippen LogP contribution < -0.4 is 10.5 Å². The lowest BCUT2D eigenvalue weighted by atomic mass is 9.98. The second kappa shape index (κ2) is 6.39. The summed E-state index contributed by atoms with van der Waals surface area (Å²) in [6.07, 6.45) is 4.95. The zero-order valence-corrected chi connectivity index (χ0v) is 12.4. The van der Waals surface area contributed by atoms with Gasteiger partial charge in [0.25, 0.3) is 0 Å². The number of methoxy groups -OCH3 is 1. The van der Waals surface area contributed by atoms with Crippen molar-refractivity contribution in [1.29, 1.82) is 0 Å². The van der Waals surface area contributed by atoms with Crippen LogP contribution in [-0.4, -0.2) is 40.9 Å². The van der Waals surface area contributed by atoms with E-state index in [2.05, 4.69) is 16.9 Å². The number of hydrogen-bond donors (Lipinski definition) is 1. The highest BCUT2D eigenvalue weighted by atomic mass is 16.5. The first kappa shape index (κ1) is 14.3. The maximum absolute atomic E-state index is 5.74. The molecule has 1 aromatic heterocycles. The van der Waals surface area contributed by atoms with Gasteiger partial charge in [-0.15, -0.1) is 0 Å². The average Bonchev–Trinajstić information content (AvgIpc) is 2.66. The van der Waals surface area contributed by atoms with Gasteiger partial charge < -0.3 is 10.5 Å². The molecular formula is C14H26N4O. The highest BCUT2D eigenvalue weighted by Crippen LogP contribution is 2.27. The van der Waals surface area contributed by atoms with Crippen molar-refractivity contribution >= 4 is 0 Å². The van der Waals surface area contributed by atoms with Crippen LogP contribution in [0.2, 0.25) is 0 Å². The molecule has 0 saturated carbocycles. The minimum Gasteiger partial charge on any atom is -0.481 e. The lowest BCUT2D eigenvalue weighted by molar-refractivity contribution is 0.132. The summed E-state index contributed by atoms with van der Waals surface area (Å²) >= 11 is 0. The Morgan fingerprint density at radius 2 is 2.21 bits per heavy atom. The summed E-state index contributed by atoms with van der Waals surface area (Å²) in [6.45, 7) is 4.90. The highest BCUT2D eigenvalue weighted by Gasteiger charge is 2.25. The summed E-state index contributed by atoms with van der Waals surface area (Å²) in [5.41, 5.74) is 8.02. The molecule has 1 aliphatic rings. The van der Waals surface area contributed by atoms with Crippen LogP contribution in [0.3, 0.4) is 0 Å². The molecule has 0 bridgehead atoms. The Morgan fingerprint density at radius 3 is 2.89 bits per heavy atom. The molecule has 0 aliphatic carbocycles. The quantitative estimate of drug-likeness (QED) is 0.876. The summed E-state index contributed by atoms with van der Waals surface area (Å²) < 4.78 is 7.31. The van der Waals surface area contributed by atoms with Crippen LogP contribution in [-0.2, 0) is 13.6 Å². The van der Waals surface area contributed by atoms with E-state index in [1.807, 2.05) is 11.7 Å². The van der Waals surface area contributed by atoms with Gasteiger partial charge in [-0.3, -0.25) is 4.90 Å². The van der Waals surface area contributed by atoms with Gasteiger partial charge >= 0.3 is 0 Å². The number of ether oxygens (including phenoxy) is 1. The van der Waals surface area contributed by atoms with Crippen molar-refractivity contribution in [3.05, 3.63) is 11.3 Å². The smallest absolute Gasteiger partial charge is 0.216 e. The molecule has 1 unspecified atom stereocenters. The van der Waals surface area contributed by atoms with Crippen LogP contribution in [0.1, 0.15) is 36.9 Å². The van der Waals surface area contributed by atoms with Crippen LogP contribution in [0.25, 0.3) is 0 Å². The van der Waals surface area contributed by atoms with E-state index < -0.39 is 0 Å². The Hall–Kier alpha value is -1.07. The number of nitrogens with zero attached hydrogens (tertiary/aromatic N) is 3. The first-order valence-corrected chi connectivity index (χ1v) is 7.18. The second-order valence-electron chi connectivity index (χ2n) is 5.39. The Bertz CT molecular complexity index is 414. The maximum atomic E-state index is 5.74. The molecule has 0 radical (unpaired) electrons. The fourth-order valence-electron chi connectivity index (χ4n) is 3.11. The SMILES string of the molecule is COc1c(CN2CCCCC2CCN)c(C)nn1C. The van der Waals surface area contributed by atoms with Crippen molar-refractivity contribution < 1.29 is 4.74 Å². The highest BCUT2D eigenvalue weighted by molar-refractivity contribution is 5.30. The molecule has 1 aromatic rings. The van der Waals surface area contributed by atoms with Gasteiger partial charge in [0.05, 0.1) is 18.4 Å². The molecule has 2 rings (SSSR count). The van der Waals surface area contributed by atoms with E-state index in [0.29, 0.717) is 6.04 Å². The first-order chi connectivity index (χ1) is 9.17. The second-order valence-corrected chi connectivity index (χ2v) is 5.39. The van der Waals surface area contributed by atoms with Gasteiger partial charge in [-0.1, -0.05) is 6.42 Å². The third kappa shape index (κ3) is 3.09. The van der Waals surface area contributed by atoms with Crippen LogP contribution in [0.15, 0.2) is 0 Å². The van der Waals surface area contributed by atoms with Crippen molar-refractivity contribution in [1.82, 2.24) is 14.7 Å². The zero-order valence-electron chi connectivity index (χ0n) is 12.4.